The lowest BCUT2D eigenvalue weighted by Gasteiger charge is -2.26. The Balaban J connectivity index is 1.80. The van der Waals surface area contributed by atoms with Crippen LogP contribution in [0.2, 0.25) is 0 Å². The third kappa shape index (κ3) is 3.80. The number of carboxylic acid groups (broad SMARTS) is 1. The van der Waals surface area contributed by atoms with E-state index in [1.807, 2.05) is 0 Å². The summed E-state index contributed by atoms with van der Waals surface area (Å²) in [7, 11) is 0. The molecule has 0 bridgehead atoms. The van der Waals surface area contributed by atoms with Crippen LogP contribution in [0.5, 0.6) is 0 Å². The zero-order valence-corrected chi connectivity index (χ0v) is 11.6. The van der Waals surface area contributed by atoms with Gasteiger partial charge in [-0.3, -0.25) is 9.59 Å². The first-order valence-corrected chi connectivity index (χ1v) is 6.92. The van der Waals surface area contributed by atoms with Gasteiger partial charge in [0.1, 0.15) is 0 Å². The summed E-state index contributed by atoms with van der Waals surface area (Å²) in [6.07, 6.45) is 4.55. The third-order valence-electron chi connectivity index (χ3n) is 3.40. The zero-order valence-electron chi connectivity index (χ0n) is 11.6. The molecule has 2 amide bonds. The molecule has 0 spiro atoms. The highest BCUT2D eigenvalue weighted by molar-refractivity contribution is 6.02. The van der Waals surface area contributed by atoms with Crippen LogP contribution in [0.25, 0.3) is 0 Å². The Bertz CT molecular complexity index is 534. The number of H-pyrrole nitrogens is 1. The summed E-state index contributed by atoms with van der Waals surface area (Å²) in [6.45, 7) is 1.71. The number of aromatic nitrogens is 2. The molecule has 1 fully saturated rings. The minimum absolute atomic E-state index is 0.00971. The first-order valence-electron chi connectivity index (χ1n) is 6.92. The molecule has 8 nitrogen and oxygen atoms in total. The van der Waals surface area contributed by atoms with E-state index < -0.39 is 11.9 Å². The van der Waals surface area contributed by atoms with E-state index in [9.17, 15) is 14.4 Å². The molecule has 0 unspecified atom stereocenters. The molecule has 2 rings (SSSR count). The number of carboxylic acids is 1. The van der Waals surface area contributed by atoms with Gasteiger partial charge in [-0.15, -0.1) is 0 Å². The third-order valence-corrected chi connectivity index (χ3v) is 3.40. The van der Waals surface area contributed by atoms with Crippen LogP contribution >= 0.6 is 0 Å². The van der Waals surface area contributed by atoms with Gasteiger partial charge in [0, 0.05) is 26.1 Å². The maximum Gasteiger partial charge on any atom is 0.354 e. The van der Waals surface area contributed by atoms with Crippen LogP contribution in [0.4, 0.5) is 0 Å². The van der Waals surface area contributed by atoms with Crippen LogP contribution in [-0.2, 0) is 4.79 Å². The molecular weight excluding hydrogens is 276 g/mol. The van der Waals surface area contributed by atoms with Crippen molar-refractivity contribution < 1.29 is 19.5 Å². The van der Waals surface area contributed by atoms with Gasteiger partial charge in [0.15, 0.2) is 11.4 Å². The Hall–Kier alpha value is -2.38. The minimum Gasteiger partial charge on any atom is -0.477 e. The van der Waals surface area contributed by atoms with Crippen molar-refractivity contribution in [2.24, 2.45) is 0 Å². The second kappa shape index (κ2) is 6.87. The van der Waals surface area contributed by atoms with E-state index in [-0.39, 0.29) is 30.3 Å². The van der Waals surface area contributed by atoms with Gasteiger partial charge >= 0.3 is 5.97 Å². The van der Waals surface area contributed by atoms with E-state index in [0.717, 1.165) is 38.7 Å². The summed E-state index contributed by atoms with van der Waals surface area (Å²) in [4.78, 5) is 42.4. The highest BCUT2D eigenvalue weighted by Crippen LogP contribution is 2.09. The van der Waals surface area contributed by atoms with E-state index in [2.05, 4.69) is 15.3 Å². The number of hydrogen-bond donors (Lipinski definition) is 3. The van der Waals surface area contributed by atoms with E-state index in [4.69, 9.17) is 5.11 Å². The molecular formula is C13H18N4O4. The number of nitrogens with one attached hydrogen (secondary N) is 2. The lowest BCUT2D eigenvalue weighted by Crippen LogP contribution is -2.38. The zero-order chi connectivity index (χ0) is 15.2. The summed E-state index contributed by atoms with van der Waals surface area (Å²) in [5.74, 6) is -1.84. The normalized spacial score (nSPS) is 14.8. The second-order valence-corrected chi connectivity index (χ2v) is 4.88. The number of carbonyl (C=O) groups is 3. The predicted molar refractivity (Wildman–Crippen MR) is 72.9 cm³/mol. The van der Waals surface area contributed by atoms with Crippen molar-refractivity contribution >= 4 is 17.8 Å². The first-order chi connectivity index (χ1) is 10.1. The summed E-state index contributed by atoms with van der Waals surface area (Å²) in [5.41, 5.74) is -0.428. The molecule has 0 aromatic carbocycles. The molecule has 0 radical (unpaired) electrons. The lowest BCUT2D eigenvalue weighted by atomic mass is 10.1. The molecule has 1 aliphatic heterocycles. The van der Waals surface area contributed by atoms with E-state index in [1.165, 1.54) is 0 Å². The summed E-state index contributed by atoms with van der Waals surface area (Å²) >= 11 is 0. The van der Waals surface area contributed by atoms with Crippen molar-refractivity contribution in [3.05, 3.63) is 17.7 Å². The average molecular weight is 294 g/mol. The van der Waals surface area contributed by atoms with Gasteiger partial charge < -0.3 is 20.3 Å². The Morgan fingerprint density at radius 2 is 2.00 bits per heavy atom. The molecule has 2 heterocycles. The van der Waals surface area contributed by atoms with Gasteiger partial charge in [0.25, 0.3) is 5.91 Å². The predicted octanol–water partition coefficient (Wildman–Crippen LogP) is 0.240. The molecule has 1 aliphatic rings. The van der Waals surface area contributed by atoms with Gasteiger partial charge in [0.2, 0.25) is 5.91 Å². The van der Waals surface area contributed by atoms with Crippen molar-refractivity contribution in [1.82, 2.24) is 20.2 Å². The smallest absolute Gasteiger partial charge is 0.354 e. The van der Waals surface area contributed by atoms with Crippen molar-refractivity contribution in [3.8, 4) is 0 Å². The molecule has 0 aliphatic carbocycles. The number of rotatable bonds is 5. The van der Waals surface area contributed by atoms with E-state index >= 15 is 0 Å². The van der Waals surface area contributed by atoms with Crippen molar-refractivity contribution in [2.75, 3.05) is 19.6 Å². The van der Waals surface area contributed by atoms with Gasteiger partial charge in [-0.2, -0.15) is 0 Å². The number of hydrogen-bond acceptors (Lipinski definition) is 4. The number of nitrogens with zero attached hydrogens (tertiary/aromatic N) is 2. The van der Waals surface area contributed by atoms with Crippen LogP contribution in [0.15, 0.2) is 6.33 Å². The van der Waals surface area contributed by atoms with Crippen LogP contribution in [-0.4, -0.2) is 57.4 Å². The first kappa shape index (κ1) is 15.0. The summed E-state index contributed by atoms with van der Waals surface area (Å²) < 4.78 is 0. The van der Waals surface area contributed by atoms with Crippen LogP contribution in [0.1, 0.15) is 46.7 Å². The minimum atomic E-state index is -1.25. The fourth-order valence-electron chi connectivity index (χ4n) is 2.30. The summed E-state index contributed by atoms with van der Waals surface area (Å²) in [5, 5.41) is 11.4. The Labute approximate surface area is 121 Å². The van der Waals surface area contributed by atoms with Gasteiger partial charge in [-0.05, 0) is 19.3 Å². The molecule has 0 saturated carbocycles. The fourth-order valence-corrected chi connectivity index (χ4v) is 2.30. The Morgan fingerprint density at radius 1 is 1.29 bits per heavy atom. The largest absolute Gasteiger partial charge is 0.477 e. The topological polar surface area (TPSA) is 115 Å². The Kier molecular flexibility index (Phi) is 4.91. The van der Waals surface area contributed by atoms with Gasteiger partial charge in [0.05, 0.1) is 6.33 Å². The molecule has 1 aromatic heterocycles. The van der Waals surface area contributed by atoms with Crippen LogP contribution in [0, 0.1) is 0 Å². The van der Waals surface area contributed by atoms with Crippen LogP contribution < -0.4 is 5.32 Å². The molecule has 1 saturated heterocycles. The number of amides is 2. The van der Waals surface area contributed by atoms with Gasteiger partial charge in [-0.1, -0.05) is 0 Å². The number of aromatic amines is 1. The standard InChI is InChI=1S/C13H18N4O4/c18-9(17-6-2-1-3-7-17)4-5-14-12(19)10-11(13(20)21)16-8-15-10/h8H,1-7H2,(H,14,19)(H,15,16)(H,20,21). The number of imidazole rings is 1. The van der Waals surface area contributed by atoms with Gasteiger partial charge in [-0.25, -0.2) is 9.78 Å². The second-order valence-electron chi connectivity index (χ2n) is 4.88. The SMILES string of the molecule is O=C(NCCC(=O)N1CCCCC1)c1nc[nH]c1C(=O)O. The number of piperidine rings is 1. The lowest BCUT2D eigenvalue weighted by molar-refractivity contribution is -0.131. The quantitative estimate of drug-likeness (QED) is 0.719. The van der Waals surface area contributed by atoms with Crippen molar-refractivity contribution in [1.29, 1.82) is 0 Å². The fraction of sp³-hybridized carbons (Fsp3) is 0.538. The molecule has 0 atom stereocenters. The molecule has 3 N–H and O–H groups in total. The Morgan fingerprint density at radius 3 is 2.67 bits per heavy atom. The molecule has 21 heavy (non-hydrogen) atoms. The van der Waals surface area contributed by atoms with E-state index in [1.54, 1.807) is 4.90 Å². The highest BCUT2D eigenvalue weighted by Gasteiger charge is 2.20. The number of carbonyl (C=O) groups excluding carboxylic acids is 2. The maximum atomic E-state index is 11.9. The summed E-state index contributed by atoms with van der Waals surface area (Å²) in [6, 6.07) is 0. The molecule has 1 aromatic rings. The maximum absolute atomic E-state index is 11.9. The average Bonchev–Trinajstić information content (AvgIpc) is 2.97. The number of likely N-dealkylation sites (tertiary alicyclic amines) is 1. The number of aromatic carboxylic acids is 1. The highest BCUT2D eigenvalue weighted by atomic mass is 16.4. The van der Waals surface area contributed by atoms with Crippen LogP contribution in [0.3, 0.4) is 0 Å². The molecule has 114 valence electrons. The van der Waals surface area contributed by atoms with Crippen molar-refractivity contribution in [2.45, 2.75) is 25.7 Å². The van der Waals surface area contributed by atoms with E-state index in [0.29, 0.717) is 0 Å². The molecule has 8 heteroatoms. The van der Waals surface area contributed by atoms with Crippen molar-refractivity contribution in [3.63, 3.8) is 0 Å². The monoisotopic (exact) mass is 294 g/mol.